The number of aromatic nitrogens is 5. The van der Waals surface area contributed by atoms with E-state index in [-0.39, 0.29) is 11.9 Å². The average Bonchev–Trinajstić information content (AvgIpc) is 3.27. The summed E-state index contributed by atoms with van der Waals surface area (Å²) in [5, 5.41) is 21.3. The number of imide groups is 1. The molecule has 2 fully saturated rings. The van der Waals surface area contributed by atoms with Gasteiger partial charge in [-0.05, 0) is 41.8 Å². The summed E-state index contributed by atoms with van der Waals surface area (Å²) in [5.74, 6) is 0.567. The number of tetrazole rings is 1. The first-order chi connectivity index (χ1) is 11.7. The van der Waals surface area contributed by atoms with Crippen LogP contribution >= 0.6 is 0 Å². The first kappa shape index (κ1) is 14.8. The summed E-state index contributed by atoms with van der Waals surface area (Å²) in [6, 6.07) is 3.28. The van der Waals surface area contributed by atoms with Gasteiger partial charge in [0.15, 0.2) is 5.65 Å². The molecule has 24 heavy (non-hydrogen) atoms. The molecular formula is C14H18N8O2. The summed E-state index contributed by atoms with van der Waals surface area (Å²) in [5.41, 5.74) is -0.0567. The number of anilines is 1. The van der Waals surface area contributed by atoms with Gasteiger partial charge in [-0.25, -0.2) is 4.79 Å². The van der Waals surface area contributed by atoms with E-state index in [0.717, 1.165) is 25.7 Å². The fourth-order valence-corrected chi connectivity index (χ4v) is 3.39. The van der Waals surface area contributed by atoms with E-state index in [1.54, 1.807) is 12.1 Å². The zero-order valence-corrected chi connectivity index (χ0v) is 13.1. The van der Waals surface area contributed by atoms with Gasteiger partial charge in [-0.3, -0.25) is 9.69 Å². The number of amides is 3. The molecule has 0 atom stereocenters. The molecule has 0 radical (unpaired) electrons. The Morgan fingerprint density at radius 3 is 2.92 bits per heavy atom. The first-order valence-electron chi connectivity index (χ1n) is 8.11. The van der Waals surface area contributed by atoms with E-state index in [1.165, 1.54) is 9.53 Å². The third-order valence-electron chi connectivity index (χ3n) is 4.64. The van der Waals surface area contributed by atoms with Crippen molar-refractivity contribution in [2.45, 2.75) is 37.6 Å². The van der Waals surface area contributed by atoms with Crippen LogP contribution in [0.1, 0.15) is 32.1 Å². The smallest absolute Gasteiger partial charge is 0.325 e. The molecule has 1 saturated heterocycles. The molecule has 1 aliphatic heterocycles. The molecule has 10 nitrogen and oxygen atoms in total. The third-order valence-corrected chi connectivity index (χ3v) is 4.64. The Bertz CT molecular complexity index is 782. The van der Waals surface area contributed by atoms with Gasteiger partial charge < -0.3 is 10.6 Å². The van der Waals surface area contributed by atoms with E-state index in [2.05, 4.69) is 31.3 Å². The highest BCUT2D eigenvalue weighted by Crippen LogP contribution is 2.34. The van der Waals surface area contributed by atoms with Crippen LogP contribution in [0.2, 0.25) is 0 Å². The Balaban J connectivity index is 1.31. The molecular weight excluding hydrogens is 312 g/mol. The molecule has 126 valence electrons. The van der Waals surface area contributed by atoms with E-state index in [0.29, 0.717) is 31.0 Å². The number of urea groups is 1. The van der Waals surface area contributed by atoms with Crippen molar-refractivity contribution < 1.29 is 9.59 Å². The Kier molecular flexibility index (Phi) is 3.51. The number of nitrogens with one attached hydrogen (secondary N) is 2. The van der Waals surface area contributed by atoms with Crippen LogP contribution < -0.4 is 10.6 Å². The third kappa shape index (κ3) is 2.43. The van der Waals surface area contributed by atoms with Crippen LogP contribution in [0.5, 0.6) is 0 Å². The van der Waals surface area contributed by atoms with E-state index in [4.69, 9.17) is 0 Å². The highest BCUT2D eigenvalue weighted by atomic mass is 16.2. The van der Waals surface area contributed by atoms with Gasteiger partial charge >= 0.3 is 6.03 Å². The summed E-state index contributed by atoms with van der Waals surface area (Å²) >= 11 is 0. The van der Waals surface area contributed by atoms with Crippen molar-refractivity contribution in [3.05, 3.63) is 12.1 Å². The van der Waals surface area contributed by atoms with Gasteiger partial charge in [0.05, 0.1) is 0 Å². The minimum Gasteiger partial charge on any atom is -0.369 e. The molecule has 2 aromatic rings. The molecule has 3 amide bonds. The van der Waals surface area contributed by atoms with Crippen LogP contribution in [0.15, 0.2) is 12.1 Å². The topological polar surface area (TPSA) is 117 Å². The first-order valence-corrected chi connectivity index (χ1v) is 8.11. The second-order valence-electron chi connectivity index (χ2n) is 6.20. The summed E-state index contributed by atoms with van der Waals surface area (Å²) < 4.78 is 1.34. The molecule has 0 bridgehead atoms. The van der Waals surface area contributed by atoms with E-state index in [9.17, 15) is 9.59 Å². The lowest BCUT2D eigenvalue weighted by atomic mass is 9.98. The molecule has 2 N–H and O–H groups in total. The van der Waals surface area contributed by atoms with Crippen molar-refractivity contribution in [2.75, 3.05) is 18.4 Å². The maximum absolute atomic E-state index is 12.5. The molecule has 2 aliphatic rings. The molecule has 1 saturated carbocycles. The number of rotatable bonds is 5. The minimum atomic E-state index is -0.628. The maximum atomic E-state index is 12.5. The van der Waals surface area contributed by atoms with Crippen molar-refractivity contribution in [3.63, 3.8) is 0 Å². The lowest BCUT2D eigenvalue weighted by Crippen LogP contribution is -2.44. The normalized spacial score (nSPS) is 19.4. The van der Waals surface area contributed by atoms with Crippen molar-refractivity contribution in [1.82, 2.24) is 35.5 Å². The Hall–Kier alpha value is -2.78. The number of hydrogen-bond acceptors (Lipinski definition) is 7. The summed E-state index contributed by atoms with van der Waals surface area (Å²) in [6.45, 7) is 0.983. The number of nitrogens with zero attached hydrogens (tertiary/aromatic N) is 6. The molecule has 10 heteroatoms. The largest absolute Gasteiger partial charge is 0.369 e. The van der Waals surface area contributed by atoms with Gasteiger partial charge in [-0.1, -0.05) is 12.8 Å². The highest BCUT2D eigenvalue weighted by Gasteiger charge is 2.51. The van der Waals surface area contributed by atoms with Crippen LogP contribution in [0, 0.1) is 0 Å². The fourth-order valence-electron chi connectivity index (χ4n) is 3.39. The lowest BCUT2D eigenvalue weighted by molar-refractivity contribution is -0.131. The molecule has 1 aliphatic carbocycles. The van der Waals surface area contributed by atoms with Gasteiger partial charge in [0.25, 0.3) is 5.91 Å². The molecule has 4 rings (SSSR count). The van der Waals surface area contributed by atoms with Crippen LogP contribution in [-0.2, 0) is 4.79 Å². The molecule has 2 aromatic heterocycles. The average molecular weight is 330 g/mol. The van der Waals surface area contributed by atoms with E-state index in [1.807, 2.05) is 0 Å². The molecule has 0 aromatic carbocycles. The molecule has 3 heterocycles. The summed E-state index contributed by atoms with van der Waals surface area (Å²) in [7, 11) is 0. The van der Waals surface area contributed by atoms with Gasteiger partial charge in [0.2, 0.25) is 0 Å². The highest BCUT2D eigenvalue weighted by molar-refractivity contribution is 6.07. The van der Waals surface area contributed by atoms with Gasteiger partial charge in [-0.2, -0.15) is 0 Å². The Morgan fingerprint density at radius 1 is 1.25 bits per heavy atom. The number of carbonyl (C=O) groups excluding carboxylic acids is 2. The second kappa shape index (κ2) is 5.69. The number of hydrogen-bond donors (Lipinski definition) is 2. The van der Waals surface area contributed by atoms with Gasteiger partial charge in [0.1, 0.15) is 11.4 Å². The van der Waals surface area contributed by atoms with Crippen LogP contribution in [0.25, 0.3) is 5.65 Å². The van der Waals surface area contributed by atoms with E-state index >= 15 is 0 Å². The predicted octanol–water partition coefficient (Wildman–Crippen LogP) is 0.186. The van der Waals surface area contributed by atoms with Crippen LogP contribution in [-0.4, -0.2) is 60.7 Å². The molecule has 1 spiro atoms. The quantitative estimate of drug-likeness (QED) is 0.593. The predicted molar refractivity (Wildman–Crippen MR) is 83.1 cm³/mol. The van der Waals surface area contributed by atoms with Crippen LogP contribution in [0.3, 0.4) is 0 Å². The second-order valence-corrected chi connectivity index (χ2v) is 6.20. The summed E-state index contributed by atoms with van der Waals surface area (Å²) in [4.78, 5) is 25.9. The SMILES string of the molecule is O=C1NC2(CCCC2)C(=O)N1CCCNc1ccc2nnnn2n1. The van der Waals surface area contributed by atoms with Crippen molar-refractivity contribution in [1.29, 1.82) is 0 Å². The van der Waals surface area contributed by atoms with Crippen molar-refractivity contribution >= 4 is 23.4 Å². The van der Waals surface area contributed by atoms with E-state index < -0.39 is 5.54 Å². The van der Waals surface area contributed by atoms with Crippen LogP contribution in [0.4, 0.5) is 10.6 Å². The lowest BCUT2D eigenvalue weighted by Gasteiger charge is -2.20. The minimum absolute atomic E-state index is 0.0711. The maximum Gasteiger partial charge on any atom is 0.325 e. The van der Waals surface area contributed by atoms with Crippen molar-refractivity contribution in [3.8, 4) is 0 Å². The molecule has 0 unspecified atom stereocenters. The standard InChI is InChI=1S/C14H18N8O2/c23-12-14(6-1-2-7-14)16-13(24)21(12)9-3-8-15-10-4-5-11-17-19-20-22(11)18-10/h4-5H,1-3,6-9H2,(H,15,18)(H,16,24). The Labute approximate surface area is 137 Å². The van der Waals surface area contributed by atoms with Gasteiger partial charge in [-0.15, -0.1) is 14.8 Å². The zero-order chi connectivity index (χ0) is 16.6. The monoisotopic (exact) mass is 330 g/mol. The number of carbonyl (C=O) groups is 2. The van der Waals surface area contributed by atoms with Crippen molar-refractivity contribution in [2.24, 2.45) is 0 Å². The Morgan fingerprint density at radius 2 is 2.08 bits per heavy atom. The fraction of sp³-hybridized carbons (Fsp3) is 0.571. The van der Waals surface area contributed by atoms with Gasteiger partial charge in [0, 0.05) is 13.1 Å². The number of fused-ring (bicyclic) bond motifs is 1. The summed E-state index contributed by atoms with van der Waals surface area (Å²) in [6.07, 6.45) is 4.13. The zero-order valence-electron chi connectivity index (χ0n) is 13.1.